The van der Waals surface area contributed by atoms with Gasteiger partial charge in [0, 0.05) is 57.2 Å². The Labute approximate surface area is 146 Å². The van der Waals surface area contributed by atoms with Crippen molar-refractivity contribution in [2.24, 2.45) is 0 Å². The van der Waals surface area contributed by atoms with Gasteiger partial charge in [0.25, 0.3) is 0 Å². The number of aromatic nitrogens is 2. The summed E-state index contributed by atoms with van der Waals surface area (Å²) in [6.07, 6.45) is 3.89. The van der Waals surface area contributed by atoms with Crippen molar-refractivity contribution in [3.8, 4) is 6.07 Å². The Kier molecular flexibility index (Phi) is 5.42. The van der Waals surface area contributed by atoms with Gasteiger partial charge < -0.3 is 15.1 Å². The molecule has 1 fully saturated rings. The monoisotopic (exact) mass is 336 g/mol. The van der Waals surface area contributed by atoms with Gasteiger partial charge in [-0.25, -0.2) is 9.97 Å². The van der Waals surface area contributed by atoms with Gasteiger partial charge in [-0.2, -0.15) is 5.26 Å². The molecule has 0 aliphatic carbocycles. The number of piperazine rings is 1. The van der Waals surface area contributed by atoms with Crippen LogP contribution in [0.4, 0.5) is 11.6 Å². The molecule has 0 saturated carbocycles. The molecule has 1 saturated heterocycles. The lowest BCUT2D eigenvalue weighted by molar-refractivity contribution is -0.131. The van der Waals surface area contributed by atoms with Gasteiger partial charge in [-0.3, -0.25) is 4.79 Å². The first-order valence-electron chi connectivity index (χ1n) is 8.30. The van der Waals surface area contributed by atoms with E-state index < -0.39 is 0 Å². The standard InChI is InChI=1S/C18H20N6O/c19-14-15-3-1-4-16(13-15)20-8-5-17(25)23-9-11-24(12-10-23)18-21-6-2-7-22-18/h1-4,6-7,13,20H,5,8-12H2. The molecule has 25 heavy (non-hydrogen) atoms. The number of carbonyl (C=O) groups excluding carboxylic acids is 1. The maximum absolute atomic E-state index is 12.3. The Balaban J connectivity index is 1.43. The van der Waals surface area contributed by atoms with Crippen LogP contribution in [-0.4, -0.2) is 53.5 Å². The van der Waals surface area contributed by atoms with Crippen LogP contribution in [0.15, 0.2) is 42.7 Å². The molecule has 7 nitrogen and oxygen atoms in total. The summed E-state index contributed by atoms with van der Waals surface area (Å²) < 4.78 is 0. The molecule has 0 atom stereocenters. The van der Waals surface area contributed by atoms with Crippen LogP contribution in [-0.2, 0) is 4.79 Å². The summed E-state index contributed by atoms with van der Waals surface area (Å²) in [5, 5.41) is 12.1. The van der Waals surface area contributed by atoms with Crippen molar-refractivity contribution in [3.63, 3.8) is 0 Å². The molecule has 0 radical (unpaired) electrons. The Morgan fingerprint density at radius 3 is 2.64 bits per heavy atom. The summed E-state index contributed by atoms with van der Waals surface area (Å²) in [6, 6.07) is 11.2. The fourth-order valence-electron chi connectivity index (χ4n) is 2.78. The van der Waals surface area contributed by atoms with Crippen LogP contribution < -0.4 is 10.2 Å². The molecule has 0 spiro atoms. The Morgan fingerprint density at radius 2 is 1.92 bits per heavy atom. The first-order valence-corrected chi connectivity index (χ1v) is 8.30. The number of nitrogens with zero attached hydrogens (tertiary/aromatic N) is 5. The molecule has 1 aromatic carbocycles. The summed E-state index contributed by atoms with van der Waals surface area (Å²) >= 11 is 0. The lowest BCUT2D eigenvalue weighted by atomic mass is 10.2. The zero-order chi connectivity index (χ0) is 17.5. The molecule has 7 heteroatoms. The van der Waals surface area contributed by atoms with Crippen LogP contribution >= 0.6 is 0 Å². The van der Waals surface area contributed by atoms with Crippen molar-refractivity contribution >= 4 is 17.5 Å². The van der Waals surface area contributed by atoms with Crippen LogP contribution in [0.25, 0.3) is 0 Å². The minimum Gasteiger partial charge on any atom is -0.384 e. The lowest BCUT2D eigenvalue weighted by Crippen LogP contribution is -2.49. The molecule has 3 rings (SSSR count). The zero-order valence-electron chi connectivity index (χ0n) is 13.9. The van der Waals surface area contributed by atoms with E-state index >= 15 is 0 Å². The van der Waals surface area contributed by atoms with E-state index in [4.69, 9.17) is 5.26 Å². The molecule has 0 unspecified atom stereocenters. The van der Waals surface area contributed by atoms with E-state index in [-0.39, 0.29) is 5.91 Å². The highest BCUT2D eigenvalue weighted by atomic mass is 16.2. The van der Waals surface area contributed by atoms with Gasteiger partial charge in [0.15, 0.2) is 0 Å². The molecule has 2 heterocycles. The normalized spacial score (nSPS) is 14.0. The van der Waals surface area contributed by atoms with Gasteiger partial charge in [0.2, 0.25) is 11.9 Å². The predicted octanol–water partition coefficient (Wildman–Crippen LogP) is 1.50. The number of hydrogen-bond donors (Lipinski definition) is 1. The molecule has 1 aliphatic heterocycles. The first kappa shape index (κ1) is 16.7. The highest BCUT2D eigenvalue weighted by Gasteiger charge is 2.21. The third-order valence-electron chi connectivity index (χ3n) is 4.13. The largest absolute Gasteiger partial charge is 0.384 e. The average molecular weight is 336 g/mol. The SMILES string of the molecule is N#Cc1cccc(NCCC(=O)N2CCN(c3ncccn3)CC2)c1. The topological polar surface area (TPSA) is 85.2 Å². The molecule has 1 amide bonds. The second-order valence-corrected chi connectivity index (χ2v) is 5.79. The van der Waals surface area contributed by atoms with Crippen molar-refractivity contribution in [1.82, 2.24) is 14.9 Å². The van der Waals surface area contributed by atoms with E-state index in [1.165, 1.54) is 0 Å². The highest BCUT2D eigenvalue weighted by molar-refractivity contribution is 5.77. The van der Waals surface area contributed by atoms with Crippen LogP contribution in [0.5, 0.6) is 0 Å². The van der Waals surface area contributed by atoms with Gasteiger partial charge in [0.1, 0.15) is 0 Å². The van der Waals surface area contributed by atoms with Crippen molar-refractivity contribution in [2.45, 2.75) is 6.42 Å². The van der Waals surface area contributed by atoms with E-state index in [0.29, 0.717) is 37.6 Å². The number of hydrogen-bond acceptors (Lipinski definition) is 6. The van der Waals surface area contributed by atoms with Crippen LogP contribution in [0, 0.1) is 11.3 Å². The fourth-order valence-corrected chi connectivity index (χ4v) is 2.78. The predicted molar refractivity (Wildman–Crippen MR) is 95.1 cm³/mol. The summed E-state index contributed by atoms with van der Waals surface area (Å²) in [4.78, 5) is 24.8. The fraction of sp³-hybridized carbons (Fsp3) is 0.333. The quantitative estimate of drug-likeness (QED) is 0.891. The zero-order valence-corrected chi connectivity index (χ0v) is 13.9. The Bertz CT molecular complexity index is 750. The maximum atomic E-state index is 12.3. The highest BCUT2D eigenvalue weighted by Crippen LogP contribution is 2.12. The maximum Gasteiger partial charge on any atom is 0.225 e. The van der Waals surface area contributed by atoms with Crippen LogP contribution in [0.2, 0.25) is 0 Å². The van der Waals surface area contributed by atoms with E-state index in [1.807, 2.05) is 17.0 Å². The van der Waals surface area contributed by atoms with E-state index in [9.17, 15) is 4.79 Å². The van der Waals surface area contributed by atoms with Gasteiger partial charge in [-0.1, -0.05) is 6.07 Å². The lowest BCUT2D eigenvalue weighted by Gasteiger charge is -2.34. The number of amides is 1. The van der Waals surface area contributed by atoms with Crippen molar-refractivity contribution < 1.29 is 4.79 Å². The molecule has 0 bridgehead atoms. The Morgan fingerprint density at radius 1 is 1.16 bits per heavy atom. The summed E-state index contributed by atoms with van der Waals surface area (Å²) in [5.74, 6) is 0.853. The van der Waals surface area contributed by atoms with Crippen LogP contribution in [0.1, 0.15) is 12.0 Å². The second-order valence-electron chi connectivity index (χ2n) is 5.79. The number of nitrogens with one attached hydrogen (secondary N) is 1. The van der Waals surface area contributed by atoms with Crippen molar-refractivity contribution in [3.05, 3.63) is 48.3 Å². The van der Waals surface area contributed by atoms with E-state index in [0.717, 1.165) is 18.8 Å². The number of carbonyl (C=O) groups is 1. The summed E-state index contributed by atoms with van der Waals surface area (Å²) in [7, 11) is 0. The third-order valence-corrected chi connectivity index (χ3v) is 4.13. The molecule has 128 valence electrons. The number of benzene rings is 1. The first-order chi connectivity index (χ1) is 12.3. The summed E-state index contributed by atoms with van der Waals surface area (Å²) in [6.45, 7) is 3.40. The molecule has 1 N–H and O–H groups in total. The molecular weight excluding hydrogens is 316 g/mol. The third kappa shape index (κ3) is 4.44. The second kappa shape index (κ2) is 8.11. The minimum absolute atomic E-state index is 0.137. The van der Waals surface area contributed by atoms with Gasteiger partial charge in [-0.15, -0.1) is 0 Å². The van der Waals surface area contributed by atoms with Gasteiger partial charge in [-0.05, 0) is 24.3 Å². The number of anilines is 2. The summed E-state index contributed by atoms with van der Waals surface area (Å²) in [5.41, 5.74) is 1.47. The smallest absolute Gasteiger partial charge is 0.225 e. The minimum atomic E-state index is 0.137. The van der Waals surface area contributed by atoms with E-state index in [1.54, 1.807) is 30.6 Å². The molecule has 1 aliphatic rings. The Hall–Kier alpha value is -3.14. The average Bonchev–Trinajstić information content (AvgIpc) is 2.69. The van der Waals surface area contributed by atoms with E-state index in [2.05, 4.69) is 26.3 Å². The molecule has 2 aromatic rings. The number of rotatable bonds is 5. The van der Waals surface area contributed by atoms with Gasteiger partial charge >= 0.3 is 0 Å². The van der Waals surface area contributed by atoms with Gasteiger partial charge in [0.05, 0.1) is 11.6 Å². The number of nitriles is 1. The molecule has 1 aromatic heterocycles. The van der Waals surface area contributed by atoms with Crippen molar-refractivity contribution in [2.75, 3.05) is 42.9 Å². The van der Waals surface area contributed by atoms with Crippen LogP contribution in [0.3, 0.4) is 0 Å². The molecular formula is C18H20N6O. The van der Waals surface area contributed by atoms with Crippen molar-refractivity contribution in [1.29, 1.82) is 5.26 Å².